The predicted molar refractivity (Wildman–Crippen MR) is 101 cm³/mol. The zero-order valence-electron chi connectivity index (χ0n) is 14.2. The number of fused-ring (bicyclic) bond motifs is 1. The molecule has 1 aromatic carbocycles. The summed E-state index contributed by atoms with van der Waals surface area (Å²) in [5.41, 5.74) is 2.10. The number of quaternary nitrogens is 1. The van der Waals surface area contributed by atoms with Crippen molar-refractivity contribution >= 4 is 34.7 Å². The van der Waals surface area contributed by atoms with Gasteiger partial charge in [-0.3, -0.25) is 4.79 Å². The Morgan fingerprint density at radius 3 is 2.73 bits per heavy atom. The predicted octanol–water partition coefficient (Wildman–Crippen LogP) is 3.59. The molecule has 1 fully saturated rings. The molecule has 1 saturated carbocycles. The summed E-state index contributed by atoms with van der Waals surface area (Å²) in [6.45, 7) is 1.44. The van der Waals surface area contributed by atoms with Crippen molar-refractivity contribution in [2.45, 2.75) is 36.0 Å². The second-order valence-corrected chi connectivity index (χ2v) is 8.96. The summed E-state index contributed by atoms with van der Waals surface area (Å²) in [7, 11) is 0. The van der Waals surface area contributed by atoms with Crippen LogP contribution in [0.5, 0.6) is 0 Å². The number of hydrogen-bond acceptors (Lipinski definition) is 3. The molecule has 1 aromatic heterocycles. The number of carbonyl (C=O) groups is 1. The number of halogens is 2. The van der Waals surface area contributed by atoms with E-state index in [1.165, 1.54) is 28.2 Å². The van der Waals surface area contributed by atoms with Crippen LogP contribution in [0.4, 0.5) is 14.5 Å². The van der Waals surface area contributed by atoms with E-state index in [0.29, 0.717) is 40.8 Å². The highest BCUT2D eigenvalue weighted by molar-refractivity contribution is 7.99. The van der Waals surface area contributed by atoms with Crippen molar-refractivity contribution in [2.75, 3.05) is 18.4 Å². The molecule has 2 aromatic rings. The van der Waals surface area contributed by atoms with Gasteiger partial charge < -0.3 is 10.2 Å². The van der Waals surface area contributed by atoms with Gasteiger partial charge in [0, 0.05) is 33.4 Å². The van der Waals surface area contributed by atoms with Crippen LogP contribution >= 0.6 is 23.1 Å². The summed E-state index contributed by atoms with van der Waals surface area (Å²) in [5.74, 6) is -1.74. The Bertz CT molecular complexity index is 774. The Morgan fingerprint density at radius 2 is 2.04 bits per heavy atom. The largest absolute Gasteiger partial charge is 0.321 e. The zero-order valence-corrected chi connectivity index (χ0v) is 15.8. The highest BCUT2D eigenvalue weighted by atomic mass is 32.2. The van der Waals surface area contributed by atoms with E-state index in [9.17, 15) is 13.6 Å². The SMILES string of the molecule is O=C(C[NH+]1CCc2sccc2[C@@H]1C1CC1)Nc1ccc(SC(F)F)cc1. The standard InChI is InChI=1S/C19H20F2N2OS2/c20-19(21)26-14-5-3-13(4-6-14)22-17(24)11-23-9-7-16-15(8-10-25-16)18(23)12-1-2-12/h3-6,8,10,12,18-19H,1-2,7,9,11H2,(H,22,24)/p+1/t18-/m0/s1. The number of thioether (sulfide) groups is 1. The molecule has 1 unspecified atom stereocenters. The van der Waals surface area contributed by atoms with Crippen LogP contribution in [0.25, 0.3) is 0 Å². The number of rotatable bonds is 6. The molecule has 4 rings (SSSR count). The molecule has 7 heteroatoms. The summed E-state index contributed by atoms with van der Waals surface area (Å²) in [5, 5.41) is 5.08. The maximum atomic E-state index is 12.5. The van der Waals surface area contributed by atoms with E-state index < -0.39 is 5.76 Å². The molecule has 138 valence electrons. The molecule has 2 heterocycles. The Labute approximate surface area is 159 Å². The lowest BCUT2D eigenvalue weighted by Gasteiger charge is -2.32. The fourth-order valence-electron chi connectivity index (χ4n) is 3.83. The van der Waals surface area contributed by atoms with E-state index in [1.807, 2.05) is 11.3 Å². The Balaban J connectivity index is 1.38. The average molecular weight is 396 g/mol. The third-order valence-electron chi connectivity index (χ3n) is 5.07. The van der Waals surface area contributed by atoms with Crippen LogP contribution in [0, 0.1) is 5.92 Å². The van der Waals surface area contributed by atoms with Gasteiger partial charge in [-0.1, -0.05) is 11.8 Å². The average Bonchev–Trinajstić information content (AvgIpc) is 3.32. The number of carbonyl (C=O) groups excluding carboxylic acids is 1. The molecule has 2 atom stereocenters. The molecule has 2 N–H and O–H groups in total. The highest BCUT2D eigenvalue weighted by Crippen LogP contribution is 2.42. The molecule has 1 amide bonds. The van der Waals surface area contributed by atoms with Gasteiger partial charge in [0.1, 0.15) is 6.04 Å². The molecule has 0 spiro atoms. The van der Waals surface area contributed by atoms with Crippen molar-refractivity contribution in [3.8, 4) is 0 Å². The van der Waals surface area contributed by atoms with E-state index in [0.717, 1.165) is 13.0 Å². The first kappa shape index (κ1) is 17.9. The third kappa shape index (κ3) is 4.10. The first-order valence-corrected chi connectivity index (χ1v) is 10.6. The quantitative estimate of drug-likeness (QED) is 0.733. The monoisotopic (exact) mass is 395 g/mol. The molecular formula is C19H21F2N2OS2+. The summed E-state index contributed by atoms with van der Waals surface area (Å²) in [6.07, 6.45) is 3.56. The molecule has 26 heavy (non-hydrogen) atoms. The van der Waals surface area contributed by atoms with Gasteiger partial charge in [-0.15, -0.1) is 11.3 Å². The molecule has 3 nitrogen and oxygen atoms in total. The number of amides is 1. The van der Waals surface area contributed by atoms with E-state index in [4.69, 9.17) is 0 Å². The van der Waals surface area contributed by atoms with Crippen LogP contribution in [-0.2, 0) is 11.2 Å². The van der Waals surface area contributed by atoms with Crippen LogP contribution in [0.15, 0.2) is 40.6 Å². The number of anilines is 1. The first-order chi connectivity index (χ1) is 12.6. The van der Waals surface area contributed by atoms with Gasteiger partial charge in [0.2, 0.25) is 0 Å². The van der Waals surface area contributed by atoms with E-state index >= 15 is 0 Å². The van der Waals surface area contributed by atoms with Crippen molar-refractivity contribution in [2.24, 2.45) is 5.92 Å². The van der Waals surface area contributed by atoms with Crippen molar-refractivity contribution in [3.63, 3.8) is 0 Å². The summed E-state index contributed by atoms with van der Waals surface area (Å²) in [4.78, 5) is 15.9. The van der Waals surface area contributed by atoms with E-state index in [1.54, 1.807) is 24.3 Å². The van der Waals surface area contributed by atoms with Crippen molar-refractivity contribution < 1.29 is 18.5 Å². The number of alkyl halides is 2. The molecule has 0 radical (unpaired) electrons. The fraction of sp³-hybridized carbons (Fsp3) is 0.421. The van der Waals surface area contributed by atoms with Gasteiger partial charge in [-0.05, 0) is 48.6 Å². The Hall–Kier alpha value is -1.44. The second-order valence-electron chi connectivity index (χ2n) is 6.90. The van der Waals surface area contributed by atoms with Crippen molar-refractivity contribution in [1.29, 1.82) is 0 Å². The maximum Gasteiger partial charge on any atom is 0.288 e. The lowest BCUT2D eigenvalue weighted by atomic mass is 9.96. The molecule has 0 bridgehead atoms. The summed E-state index contributed by atoms with van der Waals surface area (Å²) >= 11 is 2.34. The first-order valence-electron chi connectivity index (χ1n) is 8.85. The van der Waals surface area contributed by atoms with Gasteiger partial charge in [-0.25, -0.2) is 0 Å². The lowest BCUT2D eigenvalue weighted by molar-refractivity contribution is -0.928. The van der Waals surface area contributed by atoms with Gasteiger partial charge in [-0.2, -0.15) is 8.78 Å². The topological polar surface area (TPSA) is 33.5 Å². The van der Waals surface area contributed by atoms with Crippen LogP contribution in [0.2, 0.25) is 0 Å². The third-order valence-corrected chi connectivity index (χ3v) is 6.79. The highest BCUT2D eigenvalue weighted by Gasteiger charge is 2.43. The number of benzene rings is 1. The van der Waals surface area contributed by atoms with Gasteiger partial charge >= 0.3 is 0 Å². The normalized spacial score (nSPS) is 22.3. The number of thiophene rings is 1. The minimum absolute atomic E-state index is 0.0152. The molecule has 1 aliphatic carbocycles. The van der Waals surface area contributed by atoms with E-state index in [-0.39, 0.29) is 5.91 Å². The smallest absolute Gasteiger partial charge is 0.288 e. The minimum Gasteiger partial charge on any atom is -0.321 e. The number of nitrogens with one attached hydrogen (secondary N) is 2. The molecule has 1 aliphatic heterocycles. The van der Waals surface area contributed by atoms with Gasteiger partial charge in [0.05, 0.1) is 6.54 Å². The zero-order chi connectivity index (χ0) is 18.1. The Morgan fingerprint density at radius 1 is 1.27 bits per heavy atom. The van der Waals surface area contributed by atoms with Crippen molar-refractivity contribution in [1.82, 2.24) is 0 Å². The molecule has 0 saturated heterocycles. The van der Waals surface area contributed by atoms with Crippen LogP contribution in [0.3, 0.4) is 0 Å². The Kier molecular flexibility index (Phi) is 5.29. The van der Waals surface area contributed by atoms with Crippen LogP contribution < -0.4 is 10.2 Å². The second kappa shape index (κ2) is 7.66. The van der Waals surface area contributed by atoms with Gasteiger partial charge in [0.25, 0.3) is 11.7 Å². The molecule has 2 aliphatic rings. The number of hydrogen-bond donors (Lipinski definition) is 2. The van der Waals surface area contributed by atoms with Crippen LogP contribution in [-0.4, -0.2) is 24.8 Å². The van der Waals surface area contributed by atoms with Crippen LogP contribution in [0.1, 0.15) is 29.3 Å². The lowest BCUT2D eigenvalue weighted by Crippen LogP contribution is -3.14. The van der Waals surface area contributed by atoms with Crippen molar-refractivity contribution in [3.05, 3.63) is 46.2 Å². The van der Waals surface area contributed by atoms with Gasteiger partial charge in [0.15, 0.2) is 6.54 Å². The fourth-order valence-corrected chi connectivity index (χ4v) is 5.26. The maximum absolute atomic E-state index is 12.5. The minimum atomic E-state index is -2.43. The molecular weight excluding hydrogens is 374 g/mol. The summed E-state index contributed by atoms with van der Waals surface area (Å²) in [6, 6.07) is 9.28. The summed E-state index contributed by atoms with van der Waals surface area (Å²) < 4.78 is 24.7. The van der Waals surface area contributed by atoms with E-state index in [2.05, 4.69) is 16.8 Å².